The fraction of sp³-hybridized carbons (Fsp3) is 0.538. The first kappa shape index (κ1) is 14.1. The molecule has 2 unspecified atom stereocenters. The molecule has 0 fully saturated rings. The van der Waals surface area contributed by atoms with Crippen LogP contribution in [0.4, 0.5) is 15.8 Å². The van der Waals surface area contributed by atoms with Gasteiger partial charge in [-0.15, -0.1) is 0 Å². The topological polar surface area (TPSA) is 38.0 Å². The number of rotatable bonds is 5. The Morgan fingerprint density at radius 1 is 1.41 bits per heavy atom. The molecule has 0 amide bonds. The quantitative estimate of drug-likeness (QED) is 0.773. The Kier molecular flexibility index (Phi) is 5.06. The van der Waals surface area contributed by atoms with Crippen molar-refractivity contribution in [3.63, 3.8) is 0 Å². The Hall–Kier alpha value is -0.960. The smallest absolute Gasteiger partial charge is 0.143 e. The van der Waals surface area contributed by atoms with E-state index >= 15 is 0 Å². The number of nitrogen functional groups attached to an aromatic ring is 1. The lowest BCUT2D eigenvalue weighted by Gasteiger charge is -2.20. The number of hydrogen-bond acceptors (Lipinski definition) is 2. The van der Waals surface area contributed by atoms with E-state index in [9.17, 15) is 4.39 Å². The van der Waals surface area contributed by atoms with E-state index in [4.69, 9.17) is 17.3 Å². The predicted octanol–water partition coefficient (Wildman–Crippen LogP) is 4.30. The van der Waals surface area contributed by atoms with E-state index in [-0.39, 0.29) is 11.1 Å². The van der Waals surface area contributed by atoms with Crippen molar-refractivity contribution >= 4 is 23.0 Å². The van der Waals surface area contributed by atoms with Crippen LogP contribution < -0.4 is 11.1 Å². The highest BCUT2D eigenvalue weighted by Crippen LogP contribution is 2.27. The van der Waals surface area contributed by atoms with Crippen LogP contribution in [-0.2, 0) is 0 Å². The number of hydrogen-bond donors (Lipinski definition) is 2. The van der Waals surface area contributed by atoms with Crippen LogP contribution in [0.2, 0.25) is 5.02 Å². The zero-order valence-electron chi connectivity index (χ0n) is 10.6. The first-order valence-corrected chi connectivity index (χ1v) is 6.32. The lowest BCUT2D eigenvalue weighted by Crippen LogP contribution is -2.19. The van der Waals surface area contributed by atoms with E-state index in [0.717, 1.165) is 12.8 Å². The van der Waals surface area contributed by atoms with Gasteiger partial charge in [0.05, 0.1) is 16.4 Å². The van der Waals surface area contributed by atoms with Crippen LogP contribution in [0, 0.1) is 11.7 Å². The van der Waals surface area contributed by atoms with Gasteiger partial charge < -0.3 is 11.1 Å². The second kappa shape index (κ2) is 6.10. The van der Waals surface area contributed by atoms with Gasteiger partial charge in [-0.3, -0.25) is 0 Å². The van der Waals surface area contributed by atoms with Crippen molar-refractivity contribution in [2.24, 2.45) is 5.92 Å². The summed E-state index contributed by atoms with van der Waals surface area (Å²) in [6.45, 7) is 6.43. The molecular weight excluding hydrogens is 239 g/mol. The third kappa shape index (κ3) is 4.08. The van der Waals surface area contributed by atoms with Gasteiger partial charge in [-0.25, -0.2) is 4.39 Å². The molecule has 0 radical (unpaired) electrons. The average molecular weight is 259 g/mol. The highest BCUT2D eigenvalue weighted by molar-refractivity contribution is 6.31. The molecule has 0 aliphatic rings. The molecule has 0 spiro atoms. The third-order valence-electron chi connectivity index (χ3n) is 2.95. The van der Waals surface area contributed by atoms with E-state index in [1.165, 1.54) is 12.1 Å². The monoisotopic (exact) mass is 258 g/mol. The Morgan fingerprint density at radius 3 is 2.65 bits per heavy atom. The van der Waals surface area contributed by atoms with Gasteiger partial charge in [0, 0.05) is 12.1 Å². The number of nitrogens with one attached hydrogen (secondary N) is 1. The third-order valence-corrected chi connectivity index (χ3v) is 3.24. The van der Waals surface area contributed by atoms with E-state index < -0.39 is 5.82 Å². The number of benzene rings is 1. The van der Waals surface area contributed by atoms with E-state index in [0.29, 0.717) is 17.3 Å². The van der Waals surface area contributed by atoms with Crippen molar-refractivity contribution in [3.8, 4) is 0 Å². The molecule has 0 saturated carbocycles. The van der Waals surface area contributed by atoms with Gasteiger partial charge >= 0.3 is 0 Å². The maximum atomic E-state index is 13.3. The molecule has 2 atom stereocenters. The lowest BCUT2D eigenvalue weighted by molar-refractivity contribution is 0.483. The minimum Gasteiger partial charge on any atom is -0.397 e. The molecule has 0 saturated heterocycles. The summed E-state index contributed by atoms with van der Waals surface area (Å²) in [5, 5.41) is 3.28. The summed E-state index contributed by atoms with van der Waals surface area (Å²) < 4.78 is 13.3. The molecule has 96 valence electrons. The molecule has 2 nitrogen and oxygen atoms in total. The fourth-order valence-corrected chi connectivity index (χ4v) is 1.95. The molecule has 0 heterocycles. The van der Waals surface area contributed by atoms with Gasteiger partial charge in [0.25, 0.3) is 0 Å². The largest absolute Gasteiger partial charge is 0.397 e. The van der Waals surface area contributed by atoms with Gasteiger partial charge in [-0.05, 0) is 25.3 Å². The summed E-state index contributed by atoms with van der Waals surface area (Å²) in [6, 6.07) is 3.05. The van der Waals surface area contributed by atoms with E-state index in [1.807, 2.05) is 0 Å². The van der Waals surface area contributed by atoms with Crippen molar-refractivity contribution in [2.45, 2.75) is 39.7 Å². The van der Waals surface area contributed by atoms with Crippen molar-refractivity contribution in [1.29, 1.82) is 0 Å². The molecule has 0 aliphatic carbocycles. The summed E-state index contributed by atoms with van der Waals surface area (Å²) in [5.41, 5.74) is 6.88. The minimum atomic E-state index is -0.445. The predicted molar refractivity (Wildman–Crippen MR) is 73.0 cm³/mol. The zero-order chi connectivity index (χ0) is 13.0. The van der Waals surface area contributed by atoms with Crippen LogP contribution in [0.25, 0.3) is 0 Å². The average Bonchev–Trinajstić information content (AvgIpc) is 2.25. The Bertz CT molecular complexity index is 382. The van der Waals surface area contributed by atoms with Crippen LogP contribution in [0.5, 0.6) is 0 Å². The van der Waals surface area contributed by atoms with Crippen molar-refractivity contribution in [3.05, 3.63) is 23.0 Å². The Balaban J connectivity index is 2.71. The molecule has 0 aromatic heterocycles. The molecule has 1 rings (SSSR count). The highest BCUT2D eigenvalue weighted by Gasteiger charge is 2.11. The molecule has 0 aliphatic heterocycles. The maximum Gasteiger partial charge on any atom is 0.143 e. The lowest BCUT2D eigenvalue weighted by atomic mass is 10.00. The van der Waals surface area contributed by atoms with Gasteiger partial charge in [0.1, 0.15) is 5.82 Å². The first-order chi connectivity index (χ1) is 7.93. The summed E-state index contributed by atoms with van der Waals surface area (Å²) in [6.07, 6.45) is 2.16. The normalized spacial score (nSPS) is 14.4. The molecule has 1 aromatic carbocycles. The fourth-order valence-electron chi connectivity index (χ4n) is 1.78. The number of nitrogens with two attached hydrogens (primary N) is 1. The van der Waals surface area contributed by atoms with Crippen molar-refractivity contribution in [1.82, 2.24) is 0 Å². The standard InChI is InChI=1S/C13H20ClFN2/c1-4-8(2)5-9(3)17-13-7-11(15)10(14)6-12(13)16/h6-9,17H,4-5,16H2,1-3H3. The second-order valence-corrected chi connectivity index (χ2v) is 5.06. The molecule has 1 aromatic rings. The van der Waals surface area contributed by atoms with Gasteiger partial charge in [-0.2, -0.15) is 0 Å². The van der Waals surface area contributed by atoms with Crippen LogP contribution in [-0.4, -0.2) is 6.04 Å². The maximum absolute atomic E-state index is 13.3. The number of halogens is 2. The summed E-state index contributed by atoms with van der Waals surface area (Å²) in [4.78, 5) is 0. The summed E-state index contributed by atoms with van der Waals surface area (Å²) in [7, 11) is 0. The summed E-state index contributed by atoms with van der Waals surface area (Å²) >= 11 is 5.65. The van der Waals surface area contributed by atoms with Gasteiger partial charge in [0.15, 0.2) is 0 Å². The van der Waals surface area contributed by atoms with Crippen LogP contribution >= 0.6 is 11.6 Å². The summed E-state index contributed by atoms with van der Waals surface area (Å²) in [5.74, 6) is 0.190. The highest BCUT2D eigenvalue weighted by atomic mass is 35.5. The van der Waals surface area contributed by atoms with E-state index in [2.05, 4.69) is 26.1 Å². The molecule has 3 N–H and O–H groups in total. The van der Waals surface area contributed by atoms with Crippen LogP contribution in [0.15, 0.2) is 12.1 Å². The van der Waals surface area contributed by atoms with E-state index in [1.54, 1.807) is 0 Å². The van der Waals surface area contributed by atoms with Gasteiger partial charge in [-0.1, -0.05) is 31.9 Å². The van der Waals surface area contributed by atoms with Crippen LogP contribution in [0.1, 0.15) is 33.6 Å². The van der Waals surface area contributed by atoms with Crippen molar-refractivity contribution < 1.29 is 4.39 Å². The molecular formula is C13H20ClFN2. The SMILES string of the molecule is CCC(C)CC(C)Nc1cc(F)c(Cl)cc1N. The Labute approximate surface area is 107 Å². The molecule has 0 bridgehead atoms. The van der Waals surface area contributed by atoms with Crippen molar-refractivity contribution in [2.75, 3.05) is 11.1 Å². The van der Waals surface area contributed by atoms with Gasteiger partial charge in [0.2, 0.25) is 0 Å². The zero-order valence-corrected chi connectivity index (χ0v) is 11.3. The van der Waals surface area contributed by atoms with Crippen LogP contribution in [0.3, 0.4) is 0 Å². The Morgan fingerprint density at radius 2 is 2.06 bits per heavy atom. The first-order valence-electron chi connectivity index (χ1n) is 5.95. The molecule has 4 heteroatoms. The number of anilines is 2. The minimum absolute atomic E-state index is 0.0580. The molecule has 17 heavy (non-hydrogen) atoms. The second-order valence-electron chi connectivity index (χ2n) is 4.65.